The fourth-order valence-corrected chi connectivity index (χ4v) is 2.25. The van der Waals surface area contributed by atoms with Crippen LogP contribution in [-0.4, -0.2) is 28.0 Å². The summed E-state index contributed by atoms with van der Waals surface area (Å²) in [5, 5.41) is 11.9. The van der Waals surface area contributed by atoms with Crippen molar-refractivity contribution in [3.8, 4) is 6.07 Å². The summed E-state index contributed by atoms with van der Waals surface area (Å²) in [6, 6.07) is 9.14. The third-order valence-corrected chi connectivity index (χ3v) is 3.30. The van der Waals surface area contributed by atoms with E-state index in [1.807, 2.05) is 0 Å². The smallest absolute Gasteiger partial charge is 0.233 e. The highest BCUT2D eigenvalue weighted by Gasteiger charge is 2.16. The third-order valence-electron chi connectivity index (χ3n) is 3.30. The minimum Gasteiger partial charge on any atom is -0.368 e. The first-order chi connectivity index (χ1) is 10.2. The number of benzene rings is 1. The van der Waals surface area contributed by atoms with Gasteiger partial charge in [-0.05, 0) is 37.1 Å². The SMILES string of the molecule is N#Cc1ccc(Nc2nc(N)nc(N3CCCC3)n2)cc1. The molecule has 1 aromatic heterocycles. The summed E-state index contributed by atoms with van der Waals surface area (Å²) < 4.78 is 0. The molecular weight excluding hydrogens is 266 g/mol. The van der Waals surface area contributed by atoms with Crippen LogP contribution in [0.15, 0.2) is 24.3 Å². The van der Waals surface area contributed by atoms with Crippen molar-refractivity contribution >= 4 is 23.5 Å². The number of nitriles is 1. The van der Waals surface area contributed by atoms with Gasteiger partial charge in [-0.1, -0.05) is 0 Å². The lowest BCUT2D eigenvalue weighted by atomic mass is 10.2. The topological polar surface area (TPSA) is 104 Å². The second-order valence-corrected chi connectivity index (χ2v) is 4.83. The van der Waals surface area contributed by atoms with Crippen LogP contribution in [0.1, 0.15) is 18.4 Å². The van der Waals surface area contributed by atoms with Gasteiger partial charge in [-0.15, -0.1) is 0 Å². The highest BCUT2D eigenvalue weighted by molar-refractivity contribution is 5.56. The van der Waals surface area contributed by atoms with Crippen LogP contribution < -0.4 is 16.0 Å². The van der Waals surface area contributed by atoms with Gasteiger partial charge in [-0.2, -0.15) is 20.2 Å². The van der Waals surface area contributed by atoms with E-state index >= 15 is 0 Å². The summed E-state index contributed by atoms with van der Waals surface area (Å²) >= 11 is 0. The summed E-state index contributed by atoms with van der Waals surface area (Å²) in [7, 11) is 0. The van der Waals surface area contributed by atoms with E-state index in [0.717, 1.165) is 31.6 Å². The van der Waals surface area contributed by atoms with E-state index in [2.05, 4.69) is 31.2 Å². The highest BCUT2D eigenvalue weighted by atomic mass is 15.3. The average molecular weight is 281 g/mol. The molecule has 0 unspecified atom stereocenters. The number of nitrogens with zero attached hydrogens (tertiary/aromatic N) is 5. The molecule has 0 atom stereocenters. The van der Waals surface area contributed by atoms with Gasteiger partial charge in [0.05, 0.1) is 11.6 Å². The van der Waals surface area contributed by atoms with Crippen molar-refractivity contribution in [1.29, 1.82) is 5.26 Å². The van der Waals surface area contributed by atoms with Gasteiger partial charge in [-0.3, -0.25) is 0 Å². The maximum atomic E-state index is 8.79. The van der Waals surface area contributed by atoms with Crippen LogP contribution in [0.4, 0.5) is 23.5 Å². The van der Waals surface area contributed by atoms with E-state index in [9.17, 15) is 0 Å². The standard InChI is InChI=1S/C14H15N7/c15-9-10-3-5-11(6-4-10)17-13-18-12(16)19-14(20-13)21-7-1-2-8-21/h3-6H,1-2,7-8H2,(H3,16,17,18,19,20). The molecule has 7 heteroatoms. The largest absolute Gasteiger partial charge is 0.368 e. The molecule has 3 N–H and O–H groups in total. The van der Waals surface area contributed by atoms with Crippen molar-refractivity contribution in [2.24, 2.45) is 0 Å². The molecule has 0 spiro atoms. The molecule has 0 amide bonds. The Morgan fingerprint density at radius 3 is 2.48 bits per heavy atom. The number of anilines is 4. The lowest BCUT2D eigenvalue weighted by Gasteiger charge is -2.16. The number of rotatable bonds is 3. The molecule has 1 saturated heterocycles. The predicted octanol–water partition coefficient (Wildman–Crippen LogP) is 1.67. The Balaban J connectivity index is 1.82. The second-order valence-electron chi connectivity index (χ2n) is 4.83. The Morgan fingerprint density at radius 2 is 1.81 bits per heavy atom. The van der Waals surface area contributed by atoms with Crippen molar-refractivity contribution in [3.05, 3.63) is 29.8 Å². The molecule has 0 saturated carbocycles. The van der Waals surface area contributed by atoms with Gasteiger partial charge in [0.25, 0.3) is 0 Å². The molecule has 2 aromatic rings. The van der Waals surface area contributed by atoms with Gasteiger partial charge >= 0.3 is 0 Å². The van der Waals surface area contributed by atoms with E-state index in [4.69, 9.17) is 11.0 Å². The van der Waals surface area contributed by atoms with E-state index in [0.29, 0.717) is 17.5 Å². The molecular formula is C14H15N7. The van der Waals surface area contributed by atoms with Gasteiger partial charge in [0.1, 0.15) is 0 Å². The lowest BCUT2D eigenvalue weighted by Crippen LogP contribution is -2.21. The average Bonchev–Trinajstić information content (AvgIpc) is 3.02. The van der Waals surface area contributed by atoms with Crippen LogP contribution >= 0.6 is 0 Å². The van der Waals surface area contributed by atoms with Crippen LogP contribution in [0, 0.1) is 11.3 Å². The molecule has 1 aromatic carbocycles. The molecule has 0 bridgehead atoms. The zero-order valence-corrected chi connectivity index (χ0v) is 11.5. The van der Waals surface area contributed by atoms with E-state index < -0.39 is 0 Å². The van der Waals surface area contributed by atoms with Gasteiger partial charge in [0, 0.05) is 18.8 Å². The van der Waals surface area contributed by atoms with Crippen LogP contribution in [0.3, 0.4) is 0 Å². The summed E-state index contributed by atoms with van der Waals surface area (Å²) in [6.45, 7) is 1.89. The molecule has 1 aliphatic rings. The first-order valence-corrected chi connectivity index (χ1v) is 6.78. The summed E-state index contributed by atoms with van der Waals surface area (Å²) in [4.78, 5) is 14.8. The van der Waals surface area contributed by atoms with Crippen molar-refractivity contribution in [1.82, 2.24) is 15.0 Å². The zero-order chi connectivity index (χ0) is 14.7. The molecule has 21 heavy (non-hydrogen) atoms. The third kappa shape index (κ3) is 3.00. The lowest BCUT2D eigenvalue weighted by molar-refractivity contribution is 0.887. The quantitative estimate of drug-likeness (QED) is 0.881. The van der Waals surface area contributed by atoms with E-state index in [1.54, 1.807) is 24.3 Å². The summed E-state index contributed by atoms with van der Waals surface area (Å²) in [6.07, 6.45) is 2.29. The number of nitrogen functional groups attached to an aromatic ring is 1. The van der Waals surface area contributed by atoms with E-state index in [-0.39, 0.29) is 5.95 Å². The summed E-state index contributed by atoms with van der Waals surface area (Å²) in [5.74, 6) is 1.22. The number of aromatic nitrogens is 3. The van der Waals surface area contributed by atoms with Crippen molar-refractivity contribution in [2.75, 3.05) is 29.0 Å². The fraction of sp³-hybridized carbons (Fsp3) is 0.286. The predicted molar refractivity (Wildman–Crippen MR) is 80.1 cm³/mol. The first-order valence-electron chi connectivity index (χ1n) is 6.78. The summed E-state index contributed by atoms with van der Waals surface area (Å²) in [5.41, 5.74) is 7.16. The Morgan fingerprint density at radius 1 is 1.10 bits per heavy atom. The van der Waals surface area contributed by atoms with Crippen LogP contribution in [0.2, 0.25) is 0 Å². The Hall–Kier alpha value is -2.88. The molecule has 7 nitrogen and oxygen atoms in total. The van der Waals surface area contributed by atoms with Crippen molar-refractivity contribution in [3.63, 3.8) is 0 Å². The normalized spacial score (nSPS) is 14.0. The zero-order valence-electron chi connectivity index (χ0n) is 11.5. The van der Waals surface area contributed by atoms with Crippen molar-refractivity contribution in [2.45, 2.75) is 12.8 Å². The van der Waals surface area contributed by atoms with Crippen LogP contribution in [0.5, 0.6) is 0 Å². The highest BCUT2D eigenvalue weighted by Crippen LogP contribution is 2.20. The monoisotopic (exact) mass is 281 g/mol. The molecule has 106 valence electrons. The number of hydrogen-bond donors (Lipinski definition) is 2. The molecule has 3 rings (SSSR count). The van der Waals surface area contributed by atoms with Crippen molar-refractivity contribution < 1.29 is 0 Å². The number of nitrogens with one attached hydrogen (secondary N) is 1. The second kappa shape index (κ2) is 5.63. The van der Waals surface area contributed by atoms with E-state index in [1.165, 1.54) is 0 Å². The first kappa shape index (κ1) is 13.1. The maximum Gasteiger partial charge on any atom is 0.233 e. The fourth-order valence-electron chi connectivity index (χ4n) is 2.25. The molecule has 2 heterocycles. The molecule has 0 aliphatic carbocycles. The van der Waals surface area contributed by atoms with Gasteiger partial charge in [0.2, 0.25) is 17.8 Å². The molecule has 0 radical (unpaired) electrons. The van der Waals surface area contributed by atoms with Gasteiger partial charge < -0.3 is 16.0 Å². The number of nitrogens with two attached hydrogens (primary N) is 1. The van der Waals surface area contributed by atoms with Crippen LogP contribution in [0.25, 0.3) is 0 Å². The minimum absolute atomic E-state index is 0.197. The Kier molecular flexibility index (Phi) is 3.51. The van der Waals surface area contributed by atoms with Gasteiger partial charge in [-0.25, -0.2) is 0 Å². The molecule has 1 aliphatic heterocycles. The van der Waals surface area contributed by atoms with Crippen LogP contribution in [-0.2, 0) is 0 Å². The number of hydrogen-bond acceptors (Lipinski definition) is 7. The Bertz CT molecular complexity index is 669. The molecule has 1 fully saturated rings. The Labute approximate surface area is 122 Å². The minimum atomic E-state index is 0.197. The maximum absolute atomic E-state index is 8.79. The van der Waals surface area contributed by atoms with Gasteiger partial charge in [0.15, 0.2) is 0 Å².